The second-order valence-corrected chi connectivity index (χ2v) is 5.17. The van der Waals surface area contributed by atoms with Gasteiger partial charge in [-0.3, -0.25) is 9.88 Å². The van der Waals surface area contributed by atoms with Crippen LogP contribution in [0.5, 0.6) is 0 Å². The van der Waals surface area contributed by atoms with Crippen molar-refractivity contribution in [2.75, 3.05) is 20.2 Å². The average molecular weight is 263 g/mol. The van der Waals surface area contributed by atoms with Crippen LogP contribution in [0.3, 0.4) is 0 Å². The minimum Gasteiger partial charge on any atom is -0.465 e. The number of nitrogens with zero attached hydrogens (tertiary/aromatic N) is 2. The fourth-order valence-corrected chi connectivity index (χ4v) is 2.42. The predicted octanol–water partition coefficient (Wildman–Crippen LogP) is 1.04. The van der Waals surface area contributed by atoms with Crippen molar-refractivity contribution in [2.24, 2.45) is 11.7 Å². The summed E-state index contributed by atoms with van der Waals surface area (Å²) in [5.41, 5.74) is 7.39. The van der Waals surface area contributed by atoms with Crippen molar-refractivity contribution in [3.63, 3.8) is 0 Å². The molecule has 2 atom stereocenters. The lowest BCUT2D eigenvalue weighted by molar-refractivity contribution is 0.0600. The van der Waals surface area contributed by atoms with E-state index in [1.807, 2.05) is 6.07 Å². The summed E-state index contributed by atoms with van der Waals surface area (Å²) < 4.78 is 4.65. The Bertz CT molecular complexity index is 431. The van der Waals surface area contributed by atoms with E-state index in [4.69, 9.17) is 5.73 Å². The third kappa shape index (κ3) is 3.52. The lowest BCUT2D eigenvalue weighted by Crippen LogP contribution is -2.29. The van der Waals surface area contributed by atoms with E-state index in [9.17, 15) is 4.79 Å². The van der Waals surface area contributed by atoms with Gasteiger partial charge in [0.05, 0.1) is 18.4 Å². The third-order valence-corrected chi connectivity index (χ3v) is 3.68. The Morgan fingerprint density at radius 2 is 2.42 bits per heavy atom. The van der Waals surface area contributed by atoms with Crippen molar-refractivity contribution in [3.8, 4) is 0 Å². The van der Waals surface area contributed by atoms with Gasteiger partial charge in [-0.25, -0.2) is 4.79 Å². The largest absolute Gasteiger partial charge is 0.465 e. The molecule has 1 aliphatic heterocycles. The molecule has 1 saturated heterocycles. The van der Waals surface area contributed by atoms with Crippen molar-refractivity contribution in [1.82, 2.24) is 9.88 Å². The van der Waals surface area contributed by atoms with E-state index in [0.29, 0.717) is 11.5 Å². The molecule has 0 radical (unpaired) electrons. The number of ether oxygens (including phenoxy) is 1. The zero-order valence-corrected chi connectivity index (χ0v) is 11.5. The Balaban J connectivity index is 1.92. The van der Waals surface area contributed by atoms with Gasteiger partial charge in [-0.05, 0) is 37.9 Å². The molecular weight excluding hydrogens is 242 g/mol. The molecule has 104 valence electrons. The number of nitrogens with two attached hydrogens (primary N) is 1. The number of hydrogen-bond acceptors (Lipinski definition) is 5. The predicted molar refractivity (Wildman–Crippen MR) is 72.6 cm³/mol. The van der Waals surface area contributed by atoms with E-state index in [1.165, 1.54) is 7.11 Å². The van der Waals surface area contributed by atoms with Gasteiger partial charge in [0.1, 0.15) is 0 Å². The smallest absolute Gasteiger partial charge is 0.339 e. The first kappa shape index (κ1) is 14.0. The van der Waals surface area contributed by atoms with E-state index in [1.54, 1.807) is 12.3 Å². The second-order valence-electron chi connectivity index (χ2n) is 5.17. The SMILES string of the molecule is COC(=O)c1ccc(CN2CCC(C(C)N)C2)nc1. The maximum absolute atomic E-state index is 11.3. The Hall–Kier alpha value is -1.46. The van der Waals surface area contributed by atoms with Gasteiger partial charge in [0, 0.05) is 25.3 Å². The van der Waals surface area contributed by atoms with Gasteiger partial charge in [0.25, 0.3) is 0 Å². The third-order valence-electron chi connectivity index (χ3n) is 3.68. The van der Waals surface area contributed by atoms with Crippen molar-refractivity contribution < 1.29 is 9.53 Å². The molecule has 2 unspecified atom stereocenters. The molecule has 0 aromatic carbocycles. The van der Waals surface area contributed by atoms with E-state index in [2.05, 4.69) is 21.5 Å². The minimum atomic E-state index is -0.350. The highest BCUT2D eigenvalue weighted by Gasteiger charge is 2.25. The number of carbonyl (C=O) groups is 1. The Kier molecular flexibility index (Phi) is 4.50. The lowest BCUT2D eigenvalue weighted by Gasteiger charge is -2.17. The average Bonchev–Trinajstić information content (AvgIpc) is 2.87. The Morgan fingerprint density at radius 3 is 2.95 bits per heavy atom. The van der Waals surface area contributed by atoms with Crippen molar-refractivity contribution in [1.29, 1.82) is 0 Å². The zero-order chi connectivity index (χ0) is 13.8. The van der Waals surface area contributed by atoms with Crippen LogP contribution in [0.2, 0.25) is 0 Å². The first-order valence-corrected chi connectivity index (χ1v) is 6.61. The van der Waals surface area contributed by atoms with Crippen LogP contribution in [-0.2, 0) is 11.3 Å². The molecule has 1 aliphatic rings. The normalized spacial score (nSPS) is 21.3. The quantitative estimate of drug-likeness (QED) is 0.822. The molecule has 2 heterocycles. The number of pyridine rings is 1. The molecule has 0 saturated carbocycles. The topological polar surface area (TPSA) is 68.5 Å². The van der Waals surface area contributed by atoms with Gasteiger partial charge in [-0.1, -0.05) is 0 Å². The van der Waals surface area contributed by atoms with Gasteiger partial charge in [0.15, 0.2) is 0 Å². The molecular formula is C14H21N3O2. The van der Waals surface area contributed by atoms with E-state index in [-0.39, 0.29) is 12.0 Å². The van der Waals surface area contributed by atoms with Crippen LogP contribution >= 0.6 is 0 Å². The highest BCUT2D eigenvalue weighted by molar-refractivity contribution is 5.88. The molecule has 1 aromatic rings. The molecule has 1 fully saturated rings. The van der Waals surface area contributed by atoms with Crippen LogP contribution in [0.1, 0.15) is 29.4 Å². The number of methoxy groups -OCH3 is 1. The van der Waals surface area contributed by atoms with Crippen LogP contribution in [-0.4, -0.2) is 42.1 Å². The highest BCUT2D eigenvalue weighted by atomic mass is 16.5. The molecule has 5 nitrogen and oxygen atoms in total. The number of likely N-dealkylation sites (tertiary alicyclic amines) is 1. The number of rotatable bonds is 4. The summed E-state index contributed by atoms with van der Waals surface area (Å²) in [6.45, 7) is 4.97. The molecule has 0 amide bonds. The van der Waals surface area contributed by atoms with E-state index >= 15 is 0 Å². The van der Waals surface area contributed by atoms with Crippen LogP contribution in [0.25, 0.3) is 0 Å². The molecule has 0 bridgehead atoms. The Morgan fingerprint density at radius 1 is 1.63 bits per heavy atom. The van der Waals surface area contributed by atoms with E-state index in [0.717, 1.165) is 31.7 Å². The van der Waals surface area contributed by atoms with Crippen LogP contribution in [0.15, 0.2) is 18.3 Å². The van der Waals surface area contributed by atoms with Gasteiger partial charge < -0.3 is 10.5 Å². The fraction of sp³-hybridized carbons (Fsp3) is 0.571. The zero-order valence-electron chi connectivity index (χ0n) is 11.5. The molecule has 5 heteroatoms. The molecule has 2 N–H and O–H groups in total. The monoisotopic (exact) mass is 263 g/mol. The summed E-state index contributed by atoms with van der Waals surface area (Å²) in [6, 6.07) is 3.89. The maximum atomic E-state index is 11.3. The maximum Gasteiger partial charge on any atom is 0.339 e. The first-order chi connectivity index (χ1) is 9.10. The van der Waals surface area contributed by atoms with Crippen molar-refractivity contribution >= 4 is 5.97 Å². The van der Waals surface area contributed by atoms with E-state index < -0.39 is 0 Å². The molecule has 2 rings (SSSR count). The number of esters is 1. The highest BCUT2D eigenvalue weighted by Crippen LogP contribution is 2.20. The van der Waals surface area contributed by atoms with Crippen molar-refractivity contribution in [2.45, 2.75) is 25.9 Å². The fourth-order valence-electron chi connectivity index (χ4n) is 2.42. The van der Waals surface area contributed by atoms with Gasteiger partial charge in [-0.15, -0.1) is 0 Å². The molecule has 1 aromatic heterocycles. The van der Waals surface area contributed by atoms with Crippen LogP contribution in [0.4, 0.5) is 0 Å². The molecule has 0 spiro atoms. The standard InChI is InChI=1S/C14H21N3O2/c1-10(15)12-5-6-17(8-12)9-13-4-3-11(7-16-13)14(18)19-2/h3-4,7,10,12H,5-6,8-9,15H2,1-2H3. The van der Waals surface area contributed by atoms with Crippen LogP contribution in [0, 0.1) is 5.92 Å². The number of carbonyl (C=O) groups excluding carboxylic acids is 1. The summed E-state index contributed by atoms with van der Waals surface area (Å²) in [5.74, 6) is 0.228. The van der Waals surface area contributed by atoms with Crippen molar-refractivity contribution in [3.05, 3.63) is 29.6 Å². The summed E-state index contributed by atoms with van der Waals surface area (Å²) in [4.78, 5) is 18.0. The van der Waals surface area contributed by atoms with Gasteiger partial charge in [0.2, 0.25) is 0 Å². The molecule has 19 heavy (non-hydrogen) atoms. The first-order valence-electron chi connectivity index (χ1n) is 6.61. The second kappa shape index (κ2) is 6.12. The number of aromatic nitrogens is 1. The summed E-state index contributed by atoms with van der Waals surface area (Å²) in [7, 11) is 1.37. The number of hydrogen-bond donors (Lipinski definition) is 1. The summed E-state index contributed by atoms with van der Waals surface area (Å²) in [5, 5.41) is 0. The van der Waals surface area contributed by atoms with Gasteiger partial charge >= 0.3 is 5.97 Å². The van der Waals surface area contributed by atoms with Crippen LogP contribution < -0.4 is 5.73 Å². The van der Waals surface area contributed by atoms with Gasteiger partial charge in [-0.2, -0.15) is 0 Å². The molecule has 0 aliphatic carbocycles. The lowest BCUT2D eigenvalue weighted by atomic mass is 10.0. The summed E-state index contributed by atoms with van der Waals surface area (Å²) in [6.07, 6.45) is 2.72. The Labute approximate surface area is 113 Å². The summed E-state index contributed by atoms with van der Waals surface area (Å²) >= 11 is 0. The minimum absolute atomic E-state index is 0.250.